The Morgan fingerprint density at radius 1 is 1.38 bits per heavy atom. The normalized spacial score (nSPS) is 12.2. The van der Waals surface area contributed by atoms with Gasteiger partial charge in [0.1, 0.15) is 5.65 Å². The fourth-order valence-corrected chi connectivity index (χ4v) is 2.37. The quantitative estimate of drug-likeness (QED) is 0.529. The average molecular weight is 347 g/mol. The molecule has 3 N–H and O–H groups in total. The Morgan fingerprint density at radius 2 is 2.19 bits per heavy atom. The summed E-state index contributed by atoms with van der Waals surface area (Å²) in [4.78, 5) is 26.1. The second kappa shape index (κ2) is 7.49. The van der Waals surface area contributed by atoms with Gasteiger partial charge in [-0.1, -0.05) is 0 Å². The summed E-state index contributed by atoms with van der Waals surface area (Å²) in [6.07, 6.45) is 8.19. The third-order valence-corrected chi connectivity index (χ3v) is 3.75. The molecule has 0 spiro atoms. The molecule has 0 aromatic carbocycles. The molecule has 0 aliphatic rings. The average Bonchev–Trinajstić information content (AvgIpc) is 3.07. The molecule has 7 nitrogen and oxygen atoms in total. The van der Waals surface area contributed by atoms with Crippen LogP contribution in [0, 0.1) is 6.57 Å². The maximum atomic E-state index is 10.9. The van der Waals surface area contributed by atoms with Crippen molar-refractivity contribution in [3.8, 4) is 17.0 Å². The van der Waals surface area contributed by atoms with E-state index in [-0.39, 0.29) is 6.04 Å². The van der Waals surface area contributed by atoms with Crippen molar-refractivity contribution in [1.29, 1.82) is 0 Å². The molecule has 0 saturated carbocycles. The lowest BCUT2D eigenvalue weighted by molar-refractivity contribution is -0.113. The van der Waals surface area contributed by atoms with Gasteiger partial charge in [0.15, 0.2) is 6.61 Å². The minimum atomic E-state index is -0.504. The summed E-state index contributed by atoms with van der Waals surface area (Å²) >= 11 is 0. The molecule has 0 bridgehead atoms. The summed E-state index contributed by atoms with van der Waals surface area (Å²) in [5.74, 6) is -0.0270. The smallest absolute Gasteiger partial charge is 0.254 e. The van der Waals surface area contributed by atoms with Gasteiger partial charge in [-0.05, 0) is 18.2 Å². The molecular formula is C19H17N5O2. The number of aromatic amines is 1. The summed E-state index contributed by atoms with van der Waals surface area (Å²) < 4.78 is 5.48. The van der Waals surface area contributed by atoms with Gasteiger partial charge in [-0.15, -0.1) is 0 Å². The minimum absolute atomic E-state index is 0.205. The van der Waals surface area contributed by atoms with Crippen molar-refractivity contribution >= 4 is 23.0 Å². The summed E-state index contributed by atoms with van der Waals surface area (Å²) in [5.41, 5.74) is 8.48. The number of nitrogens with zero attached hydrogens (tertiary/aromatic N) is 3. The Bertz CT molecular complexity index is 999. The minimum Gasteiger partial charge on any atom is -0.469 e. The monoisotopic (exact) mass is 347 g/mol. The first-order chi connectivity index (χ1) is 12.6. The van der Waals surface area contributed by atoms with E-state index in [0.717, 1.165) is 27.7 Å². The number of H-pyrrole nitrogens is 1. The number of rotatable bonds is 6. The standard InChI is InChI=1S/C19H17N5O2/c1-12(21-2)11-26-18-6-4-13(8-22-18)15-7-16-14(3-5-17(20)25)9-23-19(16)24-10-15/h3-10,12H,11H2,1H3,(H2,20,25)(H,23,24)/b5-3+/t12-/m0/s1. The largest absolute Gasteiger partial charge is 0.469 e. The molecule has 3 aromatic heterocycles. The number of hydrogen-bond acceptors (Lipinski definition) is 4. The SMILES string of the molecule is [C-]#[N+][C@@H](C)COc1ccc(-c2cnc3[nH]cc(/C=C/C(N)=O)c3c2)cn1. The van der Waals surface area contributed by atoms with E-state index in [2.05, 4.69) is 19.8 Å². The van der Waals surface area contributed by atoms with Crippen LogP contribution in [0.5, 0.6) is 5.88 Å². The third-order valence-electron chi connectivity index (χ3n) is 3.75. The predicted molar refractivity (Wildman–Crippen MR) is 99.1 cm³/mol. The zero-order valence-electron chi connectivity index (χ0n) is 14.1. The molecule has 130 valence electrons. The topological polar surface area (TPSA) is 98.2 Å². The third kappa shape index (κ3) is 3.87. The van der Waals surface area contributed by atoms with Crippen LogP contribution in [0.1, 0.15) is 12.5 Å². The maximum Gasteiger partial charge on any atom is 0.254 e. The van der Waals surface area contributed by atoms with E-state index >= 15 is 0 Å². The molecule has 1 atom stereocenters. The van der Waals surface area contributed by atoms with E-state index in [1.165, 1.54) is 6.08 Å². The molecule has 3 heterocycles. The molecular weight excluding hydrogens is 330 g/mol. The van der Waals surface area contributed by atoms with Crippen LogP contribution in [0.25, 0.3) is 33.1 Å². The van der Waals surface area contributed by atoms with Crippen LogP contribution < -0.4 is 10.5 Å². The highest BCUT2D eigenvalue weighted by atomic mass is 16.5. The van der Waals surface area contributed by atoms with E-state index in [1.54, 1.807) is 37.7 Å². The number of carbonyl (C=O) groups is 1. The number of nitrogens with one attached hydrogen (secondary N) is 1. The van der Waals surface area contributed by atoms with E-state index in [4.69, 9.17) is 17.0 Å². The van der Waals surface area contributed by atoms with Gasteiger partial charge in [0.2, 0.25) is 11.8 Å². The molecule has 0 saturated heterocycles. The number of ether oxygens (including phenoxy) is 1. The molecule has 0 radical (unpaired) electrons. The van der Waals surface area contributed by atoms with Gasteiger partial charge in [-0.3, -0.25) is 4.79 Å². The fourth-order valence-electron chi connectivity index (χ4n) is 2.37. The number of aromatic nitrogens is 3. The number of nitrogens with two attached hydrogens (primary N) is 1. The lowest BCUT2D eigenvalue weighted by atomic mass is 10.1. The van der Waals surface area contributed by atoms with Crippen molar-refractivity contribution in [3.05, 3.63) is 59.8 Å². The Kier molecular flexibility index (Phi) is 4.94. The van der Waals surface area contributed by atoms with Gasteiger partial charge in [0.25, 0.3) is 6.04 Å². The van der Waals surface area contributed by atoms with Crippen molar-refractivity contribution < 1.29 is 9.53 Å². The molecule has 0 fully saturated rings. The van der Waals surface area contributed by atoms with Crippen LogP contribution in [0.4, 0.5) is 0 Å². The number of fused-ring (bicyclic) bond motifs is 1. The molecule has 0 unspecified atom stereocenters. The number of carbonyl (C=O) groups excluding carboxylic acids is 1. The van der Waals surface area contributed by atoms with Gasteiger partial charge in [0, 0.05) is 59.7 Å². The van der Waals surface area contributed by atoms with Crippen molar-refractivity contribution in [2.75, 3.05) is 6.61 Å². The van der Waals surface area contributed by atoms with Crippen LogP contribution in [-0.2, 0) is 4.79 Å². The predicted octanol–water partition coefficient (Wildman–Crippen LogP) is 2.81. The zero-order chi connectivity index (χ0) is 18.5. The fraction of sp³-hybridized carbons (Fsp3) is 0.158. The van der Waals surface area contributed by atoms with Crippen LogP contribution in [0.15, 0.2) is 42.9 Å². The number of hydrogen-bond donors (Lipinski definition) is 2. The van der Waals surface area contributed by atoms with E-state index in [0.29, 0.717) is 12.5 Å². The summed E-state index contributed by atoms with van der Waals surface area (Å²) in [6, 6.07) is 5.42. The molecule has 3 aromatic rings. The van der Waals surface area contributed by atoms with Crippen molar-refractivity contribution in [1.82, 2.24) is 15.0 Å². The first kappa shape index (κ1) is 17.2. The van der Waals surface area contributed by atoms with Crippen molar-refractivity contribution in [2.24, 2.45) is 5.73 Å². The van der Waals surface area contributed by atoms with Crippen LogP contribution >= 0.6 is 0 Å². The summed E-state index contributed by atoms with van der Waals surface area (Å²) in [7, 11) is 0. The Hall–Kier alpha value is -3.66. The molecule has 7 heteroatoms. The number of primary amides is 1. The highest BCUT2D eigenvalue weighted by Gasteiger charge is 2.08. The molecule has 0 aliphatic carbocycles. The Balaban J connectivity index is 1.85. The summed E-state index contributed by atoms with van der Waals surface area (Å²) in [6.45, 7) is 9.03. The maximum absolute atomic E-state index is 10.9. The van der Waals surface area contributed by atoms with E-state index in [1.807, 2.05) is 12.1 Å². The Morgan fingerprint density at radius 3 is 2.88 bits per heavy atom. The second-order valence-electron chi connectivity index (χ2n) is 5.77. The lowest BCUT2D eigenvalue weighted by Crippen LogP contribution is -2.10. The molecule has 26 heavy (non-hydrogen) atoms. The second-order valence-corrected chi connectivity index (χ2v) is 5.77. The molecule has 0 aliphatic heterocycles. The zero-order valence-corrected chi connectivity index (χ0v) is 14.1. The van der Waals surface area contributed by atoms with Gasteiger partial charge in [-0.25, -0.2) is 16.5 Å². The number of pyridine rings is 2. The van der Waals surface area contributed by atoms with Gasteiger partial charge in [0.05, 0.1) is 0 Å². The van der Waals surface area contributed by atoms with Gasteiger partial charge < -0.3 is 20.3 Å². The van der Waals surface area contributed by atoms with Crippen LogP contribution in [-0.4, -0.2) is 33.5 Å². The number of amides is 1. The lowest BCUT2D eigenvalue weighted by Gasteiger charge is -2.06. The molecule has 3 rings (SSSR count). The molecule has 1 amide bonds. The highest BCUT2D eigenvalue weighted by molar-refractivity contribution is 5.95. The van der Waals surface area contributed by atoms with Crippen molar-refractivity contribution in [2.45, 2.75) is 13.0 Å². The van der Waals surface area contributed by atoms with Crippen LogP contribution in [0.2, 0.25) is 0 Å². The first-order valence-electron chi connectivity index (χ1n) is 7.97. The Labute approximate surface area is 150 Å². The van der Waals surface area contributed by atoms with Gasteiger partial charge in [-0.2, -0.15) is 0 Å². The highest BCUT2D eigenvalue weighted by Crippen LogP contribution is 2.25. The van der Waals surface area contributed by atoms with Crippen LogP contribution in [0.3, 0.4) is 0 Å². The van der Waals surface area contributed by atoms with Gasteiger partial charge >= 0.3 is 0 Å². The van der Waals surface area contributed by atoms with E-state index < -0.39 is 5.91 Å². The van der Waals surface area contributed by atoms with Crippen molar-refractivity contribution in [3.63, 3.8) is 0 Å². The first-order valence-corrected chi connectivity index (χ1v) is 7.97. The van der Waals surface area contributed by atoms with E-state index in [9.17, 15) is 4.79 Å². The summed E-state index contributed by atoms with van der Waals surface area (Å²) in [5, 5.41) is 0.881.